The number of nitrogens with zero attached hydrogens (tertiary/aromatic N) is 2. The van der Waals surface area contributed by atoms with E-state index in [1.54, 1.807) is 0 Å². The van der Waals surface area contributed by atoms with Gasteiger partial charge in [-0.1, -0.05) is 6.58 Å². The van der Waals surface area contributed by atoms with Crippen LogP contribution in [0.5, 0.6) is 0 Å². The normalized spacial score (nSPS) is 38.5. The minimum Gasteiger partial charge on any atom is -0.463 e. The number of piperazine rings is 1. The fourth-order valence-electron chi connectivity index (χ4n) is 4.56. The van der Waals surface area contributed by atoms with E-state index >= 15 is 0 Å². The maximum atomic E-state index is 4.10. The van der Waals surface area contributed by atoms with E-state index < -0.39 is 0 Å². The number of hydrogen-bond donors (Lipinski definition) is 2. The van der Waals surface area contributed by atoms with E-state index in [0.717, 1.165) is 31.7 Å². The second-order valence-corrected chi connectivity index (χ2v) is 7.83. The third-order valence-electron chi connectivity index (χ3n) is 5.83. The highest BCUT2D eigenvalue weighted by atomic mass is 15.3. The van der Waals surface area contributed by atoms with Crippen molar-refractivity contribution in [2.45, 2.75) is 37.8 Å². The summed E-state index contributed by atoms with van der Waals surface area (Å²) in [5.41, 5.74) is 2.60. The van der Waals surface area contributed by atoms with Crippen LogP contribution in [0.2, 0.25) is 0 Å². The molecule has 0 aliphatic carbocycles. The molecule has 4 atom stereocenters. The molecule has 0 spiro atoms. The van der Waals surface area contributed by atoms with Crippen LogP contribution in [0.15, 0.2) is 24.4 Å². The van der Waals surface area contributed by atoms with Gasteiger partial charge in [-0.15, -0.1) is 7.05 Å². The molecule has 23 heavy (non-hydrogen) atoms. The third-order valence-corrected chi connectivity index (χ3v) is 5.83. The second kappa shape index (κ2) is 7.47. The average molecular weight is 319 g/mol. The van der Waals surface area contributed by atoms with Crippen molar-refractivity contribution in [2.24, 2.45) is 0 Å². The lowest BCUT2D eigenvalue weighted by molar-refractivity contribution is -0.849. The highest BCUT2D eigenvalue weighted by Crippen LogP contribution is 2.18. The summed E-state index contributed by atoms with van der Waals surface area (Å²) in [4.78, 5) is 7.78. The van der Waals surface area contributed by atoms with E-state index in [2.05, 4.69) is 37.1 Å². The quantitative estimate of drug-likeness (QED) is 0.456. The maximum Gasteiger partial charge on any atom is 0.0879 e. The second-order valence-electron chi connectivity index (χ2n) is 7.83. The molecule has 0 amide bonds. The van der Waals surface area contributed by atoms with Crippen LogP contribution in [0, 0.1) is 14.1 Å². The van der Waals surface area contributed by atoms with Crippen LogP contribution in [0.4, 0.5) is 0 Å². The predicted octanol–water partition coefficient (Wildman–Crippen LogP) is -0.648. The Kier molecular flexibility index (Phi) is 5.57. The molecule has 4 fully saturated rings. The van der Waals surface area contributed by atoms with E-state index in [0.29, 0.717) is 0 Å². The molecule has 130 valence electrons. The van der Waals surface area contributed by atoms with Crippen LogP contribution in [0.3, 0.4) is 0 Å². The van der Waals surface area contributed by atoms with Crippen molar-refractivity contribution in [3.8, 4) is 0 Å². The lowest BCUT2D eigenvalue weighted by Crippen LogP contribution is -3.08. The Morgan fingerprint density at radius 3 is 2.22 bits per heavy atom. The van der Waals surface area contributed by atoms with Crippen LogP contribution in [-0.4, -0.2) is 67.7 Å². The van der Waals surface area contributed by atoms with Gasteiger partial charge in [0.15, 0.2) is 0 Å². The third kappa shape index (κ3) is 4.24. The molecule has 4 heteroatoms. The van der Waals surface area contributed by atoms with Crippen LogP contribution in [0.25, 0.3) is 0 Å². The molecule has 4 aliphatic heterocycles. The molecular formula is C19H34N4. The summed E-state index contributed by atoms with van der Waals surface area (Å²) < 4.78 is 0. The van der Waals surface area contributed by atoms with Gasteiger partial charge in [0, 0.05) is 6.54 Å². The highest BCUT2D eigenvalue weighted by Gasteiger charge is 2.32. The van der Waals surface area contributed by atoms with Gasteiger partial charge in [-0.05, 0) is 50.9 Å². The molecule has 0 aromatic rings. The molecule has 0 aromatic carbocycles. The van der Waals surface area contributed by atoms with Gasteiger partial charge in [-0.3, -0.25) is 9.80 Å². The molecule has 2 N–H and O–H groups in total. The zero-order valence-corrected chi connectivity index (χ0v) is 14.7. The van der Waals surface area contributed by atoms with Crippen LogP contribution < -0.4 is 9.80 Å². The molecule has 4 aliphatic rings. The Morgan fingerprint density at radius 2 is 1.52 bits per heavy atom. The Balaban J connectivity index is 0.000000136. The zero-order valence-electron chi connectivity index (χ0n) is 14.7. The van der Waals surface area contributed by atoms with E-state index in [9.17, 15) is 0 Å². The first-order chi connectivity index (χ1) is 11.0. The number of hydrogen-bond acceptors (Lipinski definition) is 2. The Bertz CT molecular complexity index is 447. The summed E-state index contributed by atoms with van der Waals surface area (Å²) in [6.45, 7) is 16.3. The monoisotopic (exact) mass is 318 g/mol. The van der Waals surface area contributed by atoms with Gasteiger partial charge in [-0.2, -0.15) is 7.05 Å². The lowest BCUT2D eigenvalue weighted by atomic mass is 10.1. The van der Waals surface area contributed by atoms with Crippen molar-refractivity contribution < 1.29 is 9.80 Å². The van der Waals surface area contributed by atoms with Crippen molar-refractivity contribution in [1.82, 2.24) is 9.80 Å². The minimum absolute atomic E-state index is 0.789. The summed E-state index contributed by atoms with van der Waals surface area (Å²) >= 11 is 0. The molecular weight excluding hydrogens is 284 g/mol. The van der Waals surface area contributed by atoms with Gasteiger partial charge in [0.05, 0.1) is 44.0 Å². The summed E-state index contributed by atoms with van der Waals surface area (Å²) in [6, 6.07) is 1.59. The summed E-state index contributed by atoms with van der Waals surface area (Å²) in [5.74, 6) is 0. The van der Waals surface area contributed by atoms with Crippen molar-refractivity contribution in [3.05, 3.63) is 38.5 Å². The minimum atomic E-state index is 0.789. The molecule has 2 unspecified atom stereocenters. The Labute approximate surface area is 142 Å². The number of nitrogens with one attached hydrogen (secondary N) is 2. The zero-order chi connectivity index (χ0) is 16.4. The maximum absolute atomic E-state index is 4.10. The molecule has 0 aromatic heterocycles. The van der Waals surface area contributed by atoms with Gasteiger partial charge >= 0.3 is 0 Å². The first-order valence-corrected chi connectivity index (χ1v) is 9.20. The van der Waals surface area contributed by atoms with E-state index in [4.69, 9.17) is 0 Å². The fraction of sp³-hybridized carbons (Fsp3) is 0.684. The summed E-state index contributed by atoms with van der Waals surface area (Å²) in [7, 11) is 8.13. The van der Waals surface area contributed by atoms with Crippen LogP contribution >= 0.6 is 0 Å². The molecule has 0 saturated carbocycles. The van der Waals surface area contributed by atoms with Crippen molar-refractivity contribution in [3.63, 3.8) is 0 Å². The number of quaternary nitrogens is 2. The average Bonchev–Trinajstić information content (AvgIpc) is 3.07. The number of rotatable bonds is 0. The van der Waals surface area contributed by atoms with Gasteiger partial charge < -0.3 is 9.80 Å². The van der Waals surface area contributed by atoms with Crippen LogP contribution in [0.1, 0.15) is 25.7 Å². The fourth-order valence-corrected chi connectivity index (χ4v) is 4.56. The highest BCUT2D eigenvalue weighted by molar-refractivity contribution is 5.01. The first kappa shape index (κ1) is 17.2. The molecule has 4 heterocycles. The number of fused-ring (bicyclic) bond motifs is 2. The molecule has 4 rings (SSSR count). The largest absolute Gasteiger partial charge is 0.463 e. The summed E-state index contributed by atoms with van der Waals surface area (Å²) in [6.07, 6.45) is 5.47. The van der Waals surface area contributed by atoms with Gasteiger partial charge in [0.1, 0.15) is 0 Å². The van der Waals surface area contributed by atoms with Gasteiger partial charge in [0.2, 0.25) is 0 Å². The van der Waals surface area contributed by atoms with Crippen molar-refractivity contribution >= 4 is 0 Å². The molecule has 0 bridgehead atoms. The predicted molar refractivity (Wildman–Crippen MR) is 94.7 cm³/mol. The van der Waals surface area contributed by atoms with E-state index in [1.165, 1.54) is 72.9 Å². The lowest BCUT2D eigenvalue weighted by Gasteiger charge is -2.37. The molecule has 0 radical (unpaired) electrons. The Morgan fingerprint density at radius 1 is 0.913 bits per heavy atom. The Hall–Kier alpha value is -0.680. The van der Waals surface area contributed by atoms with Gasteiger partial charge in [0.25, 0.3) is 0 Å². The van der Waals surface area contributed by atoms with Crippen molar-refractivity contribution in [1.29, 1.82) is 0 Å². The smallest absolute Gasteiger partial charge is 0.0879 e. The van der Waals surface area contributed by atoms with Crippen molar-refractivity contribution in [2.75, 3.05) is 45.8 Å². The van der Waals surface area contributed by atoms with Gasteiger partial charge in [-0.25, -0.2) is 0 Å². The van der Waals surface area contributed by atoms with E-state index in [-0.39, 0.29) is 0 Å². The topological polar surface area (TPSA) is 15.4 Å². The van der Waals surface area contributed by atoms with E-state index in [1.807, 2.05) is 0 Å². The molecule has 4 nitrogen and oxygen atoms in total. The van der Waals surface area contributed by atoms with Crippen LogP contribution in [-0.2, 0) is 0 Å². The molecule has 4 saturated heterocycles. The summed E-state index contributed by atoms with van der Waals surface area (Å²) in [5, 5.41) is 0. The SMILES string of the molecule is C=C1CN2CCC[C@@H]2C[NH+]1[CH2-].C=C1CN2CCC[C@H]2C[NH+]([CH2-])C1. The standard InChI is InChI=1S/C10H18N2.C9H16N2/c1-9-6-11(2)8-10-4-3-5-12(10)7-9;1-8-6-11-5-3-4-9(11)7-10(8)2/h10-11H,1-8H2;9-10H,1-7H2/t10-;9-/m01/s1. The first-order valence-electron chi connectivity index (χ1n) is 9.20.